The van der Waals surface area contributed by atoms with Crippen molar-refractivity contribution >= 4 is 46.2 Å². The molecule has 3 heterocycles. The van der Waals surface area contributed by atoms with Crippen LogP contribution in [0.1, 0.15) is 48.5 Å². The number of rotatable bonds is 7. The summed E-state index contributed by atoms with van der Waals surface area (Å²) in [6, 6.07) is 54.3. The van der Waals surface area contributed by atoms with Gasteiger partial charge in [-0.25, -0.2) is 0 Å². The van der Waals surface area contributed by atoms with Crippen molar-refractivity contribution in [2.75, 3.05) is 0 Å². The van der Waals surface area contributed by atoms with Crippen molar-refractivity contribution in [1.82, 2.24) is 14.5 Å². The molecule has 4 nitrogen and oxygen atoms in total. The Morgan fingerprint density at radius 1 is 0.763 bits per heavy atom. The van der Waals surface area contributed by atoms with Crippen LogP contribution in [0.25, 0.3) is 72.4 Å². The van der Waals surface area contributed by atoms with E-state index in [4.69, 9.17) is 17.1 Å². The Kier molecular flexibility index (Phi) is 11.3. The number of aromatic nitrogens is 3. The summed E-state index contributed by atoms with van der Waals surface area (Å²) >= 11 is 0. The van der Waals surface area contributed by atoms with Crippen LogP contribution >= 0.6 is 0 Å². The Morgan fingerprint density at radius 2 is 1.44 bits per heavy atom. The monoisotopic (exact) mass is 968 g/mol. The Labute approximate surface area is 366 Å². The first-order chi connectivity index (χ1) is 28.6. The molecule has 0 spiro atoms. The topological polar surface area (TPSA) is 43.9 Å². The third kappa shape index (κ3) is 8.82. The Hall–Kier alpha value is -5.39. The number of benzene rings is 6. The predicted octanol–water partition coefficient (Wildman–Crippen LogP) is 13.6. The first-order valence-corrected chi connectivity index (χ1v) is 23.6. The molecule has 0 amide bonds. The van der Waals surface area contributed by atoms with E-state index < -0.39 is 14.4 Å². The van der Waals surface area contributed by atoms with E-state index >= 15 is 0 Å². The normalized spacial score (nSPS) is 12.6. The number of fused-ring (bicyclic) bond motifs is 4. The van der Waals surface area contributed by atoms with Gasteiger partial charge in [0.05, 0.1) is 30.5 Å². The first kappa shape index (κ1) is 39.1. The minimum absolute atomic E-state index is 0. The van der Waals surface area contributed by atoms with Crippen LogP contribution < -0.4 is 5.19 Å². The van der Waals surface area contributed by atoms with Gasteiger partial charge in [-0.3, -0.25) is 4.98 Å². The van der Waals surface area contributed by atoms with Gasteiger partial charge in [0.1, 0.15) is 5.58 Å². The number of pyridine rings is 1. The van der Waals surface area contributed by atoms with Crippen LogP contribution in [0.3, 0.4) is 0 Å². The van der Waals surface area contributed by atoms with Gasteiger partial charge in [0.2, 0.25) is 0 Å². The second-order valence-electron chi connectivity index (χ2n) is 17.3. The second-order valence-corrected chi connectivity index (χ2v) is 22.3. The van der Waals surface area contributed by atoms with E-state index in [9.17, 15) is 0 Å². The van der Waals surface area contributed by atoms with E-state index in [0.29, 0.717) is 0 Å². The van der Waals surface area contributed by atoms with E-state index in [1.54, 1.807) is 0 Å². The maximum atomic E-state index is 8.69. The second kappa shape index (κ2) is 17.1. The van der Waals surface area contributed by atoms with E-state index in [1.807, 2.05) is 80.7 Å². The van der Waals surface area contributed by atoms with Crippen molar-refractivity contribution in [3.63, 3.8) is 0 Å². The van der Waals surface area contributed by atoms with Gasteiger partial charge >= 0.3 is 0 Å². The molecule has 0 fully saturated rings. The molecular formula is C53H51IrN3OSi-2. The van der Waals surface area contributed by atoms with Crippen LogP contribution in [0.4, 0.5) is 0 Å². The largest absolute Gasteiger partial charge is 0.501 e. The van der Waals surface area contributed by atoms with Crippen molar-refractivity contribution < 1.29 is 27.3 Å². The van der Waals surface area contributed by atoms with Crippen LogP contribution in [0, 0.1) is 18.1 Å². The molecule has 9 rings (SSSR count). The molecule has 0 unspecified atom stereocenters. The zero-order valence-corrected chi connectivity index (χ0v) is 38.4. The summed E-state index contributed by atoms with van der Waals surface area (Å²) in [5, 5.41) is 3.27. The van der Waals surface area contributed by atoms with Crippen LogP contribution in [-0.4, -0.2) is 22.6 Å². The Bertz CT molecular complexity index is 2960. The standard InChI is InChI=1S/C31H19N2O.C22H32NSi.Ir/c1-2-9-21(10-3-1)22-17-19-23(20-18-22)33-28-15-6-5-14-27(28)32-31(33)26-13-8-12-25-24-11-4-7-16-29(24)34-30(25)26;1-16(2)12-18-14-20(23-15-21(18)24(6,7)8)17-10-9-11-19(13-17)22(3,4)5;/h1-12,14-20H;9,11,13-16H,12H2,1-8H3;/q2*-1;/i;12D2;. The number of furan rings is 1. The van der Waals surface area contributed by atoms with E-state index in [1.165, 1.54) is 16.7 Å². The maximum Gasteiger partial charge on any atom is 0.120 e. The number of hydrogen-bond acceptors (Lipinski definition) is 3. The van der Waals surface area contributed by atoms with Crippen molar-refractivity contribution in [3.05, 3.63) is 169 Å². The van der Waals surface area contributed by atoms with Crippen molar-refractivity contribution in [2.24, 2.45) is 5.92 Å². The Balaban J connectivity index is 0.000000189. The molecule has 0 aliphatic heterocycles. The van der Waals surface area contributed by atoms with E-state index in [0.717, 1.165) is 72.1 Å². The molecule has 0 N–H and O–H groups in total. The van der Waals surface area contributed by atoms with Gasteiger partial charge in [-0.15, -0.1) is 53.6 Å². The Morgan fingerprint density at radius 3 is 2.17 bits per heavy atom. The molecule has 1 radical (unpaired) electrons. The zero-order chi connectivity index (χ0) is 42.4. The van der Waals surface area contributed by atoms with Gasteiger partial charge in [-0.1, -0.05) is 150 Å². The average molecular weight is 968 g/mol. The molecule has 9 aromatic rings. The van der Waals surface area contributed by atoms with E-state index in [2.05, 4.69) is 136 Å². The molecule has 0 aliphatic rings. The van der Waals surface area contributed by atoms with Gasteiger partial charge in [-0.05, 0) is 70.0 Å². The van der Waals surface area contributed by atoms with Gasteiger partial charge in [0.15, 0.2) is 0 Å². The smallest absolute Gasteiger partial charge is 0.120 e. The quantitative estimate of drug-likeness (QED) is 0.118. The molecule has 0 atom stereocenters. The SMILES string of the molecule is [2H]C([2H])(c1cc(-c2[c-]ccc(C(C)(C)C)c2)ncc1[Si](C)(C)C)C(C)C.[Ir].[c-]1ccc2c(oc3ccccc32)c1-c1nc2ccccc2n1-c1ccc(-c2ccccc2)cc1. The molecule has 299 valence electrons. The molecule has 6 heteroatoms. The zero-order valence-electron chi connectivity index (χ0n) is 37.0. The molecular weight excluding hydrogens is 915 g/mol. The molecule has 0 aliphatic carbocycles. The van der Waals surface area contributed by atoms with Gasteiger partial charge in [-0.2, -0.15) is 0 Å². The van der Waals surface area contributed by atoms with Crippen molar-refractivity contribution in [3.8, 4) is 39.5 Å². The number of hydrogen-bond donors (Lipinski definition) is 0. The number of para-hydroxylation sites is 3. The van der Waals surface area contributed by atoms with Crippen molar-refractivity contribution in [1.29, 1.82) is 0 Å². The summed E-state index contributed by atoms with van der Waals surface area (Å²) in [6.45, 7) is 17.2. The predicted molar refractivity (Wildman–Crippen MR) is 247 cm³/mol. The van der Waals surface area contributed by atoms with Crippen LogP contribution in [-0.2, 0) is 31.9 Å². The van der Waals surface area contributed by atoms with Crippen LogP contribution in [0.2, 0.25) is 19.6 Å². The fourth-order valence-corrected chi connectivity index (χ4v) is 8.86. The fraction of sp³-hybridized carbons (Fsp3) is 0.208. The first-order valence-electron chi connectivity index (χ1n) is 21.1. The number of nitrogens with zero attached hydrogens (tertiary/aromatic N) is 3. The van der Waals surface area contributed by atoms with Gasteiger partial charge < -0.3 is 14.0 Å². The molecule has 0 saturated carbocycles. The summed E-state index contributed by atoms with van der Waals surface area (Å²) in [4.78, 5) is 9.74. The van der Waals surface area contributed by atoms with Crippen molar-refractivity contribution in [2.45, 2.75) is 66.0 Å². The molecule has 3 aromatic heterocycles. The van der Waals surface area contributed by atoms with Crippen LogP contribution in [0.5, 0.6) is 0 Å². The summed E-state index contributed by atoms with van der Waals surface area (Å²) in [7, 11) is -1.71. The molecule has 59 heavy (non-hydrogen) atoms. The molecule has 0 saturated heterocycles. The third-order valence-corrected chi connectivity index (χ3v) is 12.5. The van der Waals surface area contributed by atoms with Gasteiger partial charge in [0.25, 0.3) is 0 Å². The summed E-state index contributed by atoms with van der Waals surface area (Å²) < 4.78 is 25.9. The third-order valence-electron chi connectivity index (χ3n) is 10.5. The fourth-order valence-electron chi connectivity index (χ4n) is 7.46. The molecule has 6 aromatic carbocycles. The molecule has 0 bridgehead atoms. The summed E-state index contributed by atoms with van der Waals surface area (Å²) in [6.07, 6.45) is 0.531. The minimum atomic E-state index is -1.71. The summed E-state index contributed by atoms with van der Waals surface area (Å²) in [5.74, 6) is 0.719. The minimum Gasteiger partial charge on any atom is -0.501 e. The average Bonchev–Trinajstić information content (AvgIpc) is 3.82. The van der Waals surface area contributed by atoms with Crippen LogP contribution in [0.15, 0.2) is 150 Å². The summed E-state index contributed by atoms with van der Waals surface area (Å²) in [5.41, 5.74) is 11.8. The van der Waals surface area contributed by atoms with E-state index in [-0.39, 0.29) is 31.4 Å². The van der Waals surface area contributed by atoms with Gasteiger partial charge in [0, 0.05) is 40.1 Å². The number of imidazole rings is 1. The maximum absolute atomic E-state index is 8.69.